The molecule has 2 fully saturated rings. The highest BCUT2D eigenvalue weighted by molar-refractivity contribution is 7.53. The first kappa shape index (κ1) is 54.7. The summed E-state index contributed by atoms with van der Waals surface area (Å²) in [6.45, 7) is 4.07. The van der Waals surface area contributed by atoms with E-state index in [1.807, 2.05) is 30.3 Å². The lowest BCUT2D eigenvalue weighted by Gasteiger charge is -2.52. The lowest BCUT2D eigenvalue weighted by Crippen LogP contribution is -2.71. The monoisotopic (exact) mass is 967 g/mol. The summed E-state index contributed by atoms with van der Waals surface area (Å²) < 4.78 is 83.1. The minimum Gasteiger partial charge on any atom is -0.465 e. The van der Waals surface area contributed by atoms with Crippen molar-refractivity contribution in [1.29, 1.82) is 0 Å². The zero-order chi connectivity index (χ0) is 49.6. The number of carbonyl (C=O) groups excluding carboxylic acids is 6. The molecule has 2 N–H and O–H groups in total. The molecule has 11 atom stereocenters. The fourth-order valence-electron chi connectivity index (χ4n) is 7.48. The Kier molecular flexibility index (Phi) is 20.4. The fourth-order valence-corrected chi connectivity index (χ4v) is 9.01. The van der Waals surface area contributed by atoms with Gasteiger partial charge >= 0.3 is 37.5 Å². The van der Waals surface area contributed by atoms with Crippen LogP contribution in [0.3, 0.4) is 0 Å². The summed E-state index contributed by atoms with van der Waals surface area (Å²) in [6, 6.07) is 16.4. The maximum absolute atomic E-state index is 14.6. The van der Waals surface area contributed by atoms with Crippen molar-refractivity contribution in [3.63, 3.8) is 0 Å². The smallest absolute Gasteiger partial charge is 0.366 e. The third-order valence-electron chi connectivity index (χ3n) is 10.4. The molecule has 2 saturated heterocycles. The van der Waals surface area contributed by atoms with Crippen LogP contribution in [-0.4, -0.2) is 166 Å². The lowest BCUT2D eigenvalue weighted by atomic mass is 9.87. The van der Waals surface area contributed by atoms with Gasteiger partial charge in [-0.2, -0.15) is 0 Å². The van der Waals surface area contributed by atoms with Crippen molar-refractivity contribution in [3.8, 4) is 0 Å². The Morgan fingerprint density at radius 2 is 1.40 bits per heavy atom. The molecule has 2 aliphatic rings. The van der Waals surface area contributed by atoms with Gasteiger partial charge in [-0.3, -0.25) is 33.1 Å². The van der Waals surface area contributed by atoms with Gasteiger partial charge in [-0.1, -0.05) is 60.7 Å². The first-order valence-electron chi connectivity index (χ1n) is 21.2. The third kappa shape index (κ3) is 15.1. The van der Waals surface area contributed by atoms with Gasteiger partial charge in [0.05, 0.1) is 39.4 Å². The number of aliphatic hydroxyl groups is 1. The number of hydrogen-bond donors (Lipinski definition) is 2. The van der Waals surface area contributed by atoms with Gasteiger partial charge in [0, 0.05) is 34.6 Å². The number of aliphatic hydroxyl groups excluding tert-OH is 1. The van der Waals surface area contributed by atoms with Crippen molar-refractivity contribution in [1.82, 2.24) is 14.7 Å². The maximum atomic E-state index is 14.6. The molecule has 0 bridgehead atoms. The molecular weight excluding hydrogens is 905 g/mol. The van der Waals surface area contributed by atoms with Gasteiger partial charge in [-0.05, 0) is 39.3 Å². The van der Waals surface area contributed by atoms with Crippen LogP contribution in [0.5, 0.6) is 0 Å². The minimum absolute atomic E-state index is 0.0617. The van der Waals surface area contributed by atoms with Gasteiger partial charge in [-0.25, -0.2) is 14.1 Å². The average Bonchev–Trinajstić information content (AvgIpc) is 3.26. The Morgan fingerprint density at radius 3 is 1.91 bits per heavy atom. The number of esters is 5. The summed E-state index contributed by atoms with van der Waals surface area (Å²) >= 11 is 0. The Bertz CT molecular complexity index is 2020. The van der Waals surface area contributed by atoms with Crippen molar-refractivity contribution in [2.24, 2.45) is 0 Å². The molecule has 0 spiro atoms. The van der Waals surface area contributed by atoms with Gasteiger partial charge in [0.25, 0.3) is 5.79 Å². The number of nitrogens with zero attached hydrogens (tertiary/aromatic N) is 2. The van der Waals surface area contributed by atoms with Crippen molar-refractivity contribution in [2.45, 2.75) is 121 Å². The summed E-state index contributed by atoms with van der Waals surface area (Å²) in [7, 11) is 3.06. The standard InChI is InChI=1S/C44H62N3O19P/c1-26(48)45-36-33(60-28(3)50)21-44(43(54)56-10,64-39(36)38(62-30(5)52)35(61-29(4)51)25-58-27(2)49)65-40-37(53)34(24-57-22-31-17-13-11-14-18-31)63-42(66-67(55,46(6)7)47(8)9)41(40)59-23-32-19-15-12-16-20-32/h11-20,33-42,53H,21-25H2,1-10H3,(H,45,48)/t33-,34+,35+,36+,37-,38+,39+,40-,41+,42+,44-/m0/s1. The van der Waals surface area contributed by atoms with Crippen LogP contribution < -0.4 is 5.32 Å². The molecule has 22 nitrogen and oxygen atoms in total. The zero-order valence-corrected chi connectivity index (χ0v) is 40.1. The second-order valence-corrected chi connectivity index (χ2v) is 18.9. The summed E-state index contributed by atoms with van der Waals surface area (Å²) in [4.78, 5) is 77.8. The Morgan fingerprint density at radius 1 is 0.821 bits per heavy atom. The molecular formula is C44H62N3O19P. The molecule has 2 aromatic carbocycles. The van der Waals surface area contributed by atoms with Crippen LogP contribution in [0.15, 0.2) is 60.7 Å². The van der Waals surface area contributed by atoms with Gasteiger partial charge in [0.2, 0.25) is 5.91 Å². The fraction of sp³-hybridized carbons (Fsp3) is 0.591. The zero-order valence-electron chi connectivity index (χ0n) is 39.2. The van der Waals surface area contributed by atoms with Crippen LogP contribution >= 0.6 is 7.67 Å². The van der Waals surface area contributed by atoms with Crippen LogP contribution in [0.4, 0.5) is 0 Å². The van der Waals surface area contributed by atoms with Crippen LogP contribution in [0, 0.1) is 0 Å². The van der Waals surface area contributed by atoms with E-state index in [1.165, 1.54) is 37.5 Å². The van der Waals surface area contributed by atoms with Crippen LogP contribution in [0.1, 0.15) is 52.2 Å². The third-order valence-corrected chi connectivity index (χ3v) is 12.9. The summed E-state index contributed by atoms with van der Waals surface area (Å²) in [5, 5.41) is 15.0. The van der Waals surface area contributed by atoms with Crippen molar-refractivity contribution in [3.05, 3.63) is 71.8 Å². The quantitative estimate of drug-likeness (QED) is 0.0972. The van der Waals surface area contributed by atoms with E-state index in [-0.39, 0.29) is 19.8 Å². The summed E-state index contributed by atoms with van der Waals surface area (Å²) in [5.74, 6) is -8.50. The molecule has 2 aliphatic heterocycles. The first-order valence-corrected chi connectivity index (χ1v) is 22.7. The molecule has 2 heterocycles. The minimum atomic E-state index is -3.98. The van der Waals surface area contributed by atoms with E-state index >= 15 is 0 Å². The largest absolute Gasteiger partial charge is 0.465 e. The number of ether oxygens (including phenoxy) is 10. The molecule has 67 heavy (non-hydrogen) atoms. The topological polar surface area (TPSA) is 260 Å². The van der Waals surface area contributed by atoms with Crippen molar-refractivity contribution < 1.29 is 90.3 Å². The molecule has 372 valence electrons. The molecule has 0 aromatic heterocycles. The number of hydrogen-bond acceptors (Lipinski definition) is 19. The Labute approximate surface area is 389 Å². The SMILES string of the molecule is COC(=O)[C@@]1(O[C@H]2[C@@H](O)[C@@H](COCc3ccccc3)O[C@H](OP(=O)(N(C)C)N(C)C)[C@@H]2OCc2ccccc2)C[C@H](OC(C)=O)[C@@H](NC(C)=O)[C@H]([C@H](OC(C)=O)[C@@H](COC(C)=O)OC(C)=O)O1. The number of amides is 1. The van der Waals surface area contributed by atoms with E-state index in [2.05, 4.69) is 5.32 Å². The van der Waals surface area contributed by atoms with E-state index in [1.54, 1.807) is 30.3 Å². The summed E-state index contributed by atoms with van der Waals surface area (Å²) in [5.41, 5.74) is 1.41. The number of nitrogens with one attached hydrogen (secondary N) is 1. The van der Waals surface area contributed by atoms with E-state index in [0.717, 1.165) is 47.3 Å². The number of rotatable bonds is 22. The highest BCUT2D eigenvalue weighted by Gasteiger charge is 2.62. The summed E-state index contributed by atoms with van der Waals surface area (Å²) in [6.07, 6.45) is -16.1. The lowest BCUT2D eigenvalue weighted by molar-refractivity contribution is -0.369. The van der Waals surface area contributed by atoms with Crippen LogP contribution in [-0.2, 0) is 98.4 Å². The van der Waals surface area contributed by atoms with Crippen molar-refractivity contribution >= 4 is 43.4 Å². The second-order valence-electron chi connectivity index (χ2n) is 16.1. The number of benzene rings is 2. The predicted octanol–water partition coefficient (Wildman–Crippen LogP) is 2.03. The average molecular weight is 968 g/mol. The van der Waals surface area contributed by atoms with Gasteiger partial charge in [-0.15, -0.1) is 0 Å². The van der Waals surface area contributed by atoms with E-state index in [9.17, 15) is 38.4 Å². The van der Waals surface area contributed by atoms with E-state index in [4.69, 9.17) is 51.9 Å². The van der Waals surface area contributed by atoms with Crippen LogP contribution in [0.2, 0.25) is 0 Å². The molecule has 0 saturated carbocycles. The number of carbonyl (C=O) groups is 6. The van der Waals surface area contributed by atoms with Gasteiger partial charge in [0.15, 0.2) is 18.5 Å². The first-order chi connectivity index (χ1) is 31.6. The normalized spacial score (nSPS) is 26.2. The molecule has 0 aliphatic carbocycles. The van der Waals surface area contributed by atoms with E-state index in [0.29, 0.717) is 5.56 Å². The Hall–Kier alpha value is -4.87. The molecule has 0 radical (unpaired) electrons. The highest BCUT2D eigenvalue weighted by atomic mass is 31.2. The second kappa shape index (κ2) is 24.9. The maximum Gasteiger partial charge on any atom is 0.366 e. The predicted molar refractivity (Wildman–Crippen MR) is 232 cm³/mol. The number of methoxy groups -OCH3 is 1. The highest BCUT2D eigenvalue weighted by Crippen LogP contribution is 2.53. The van der Waals surface area contributed by atoms with Gasteiger partial charge < -0.3 is 57.8 Å². The molecule has 1 amide bonds. The van der Waals surface area contributed by atoms with Crippen molar-refractivity contribution in [2.75, 3.05) is 48.5 Å². The van der Waals surface area contributed by atoms with E-state index < -0.39 is 123 Å². The Balaban J connectivity index is 1.97. The molecule has 4 rings (SSSR count). The molecule has 0 unspecified atom stereocenters. The van der Waals surface area contributed by atoms with Gasteiger partial charge in [0.1, 0.15) is 43.2 Å². The molecule has 23 heteroatoms. The molecule has 2 aromatic rings. The van der Waals surface area contributed by atoms with Crippen LogP contribution in [0.25, 0.3) is 0 Å².